The molecule has 0 unspecified atom stereocenters. The first-order chi connectivity index (χ1) is 8.66. The molecule has 0 aliphatic carbocycles. The third kappa shape index (κ3) is 2.73. The lowest BCUT2D eigenvalue weighted by molar-refractivity contribution is 0.100. The SMILES string of the molecule is NC(=O)c1cc(N)ncc1NCCc1ncno1. The van der Waals surface area contributed by atoms with Crippen molar-refractivity contribution in [2.45, 2.75) is 6.42 Å². The molecule has 8 heteroatoms. The van der Waals surface area contributed by atoms with Crippen LogP contribution in [0.15, 0.2) is 23.1 Å². The second kappa shape index (κ2) is 5.13. The van der Waals surface area contributed by atoms with E-state index >= 15 is 0 Å². The number of pyridine rings is 1. The first kappa shape index (κ1) is 11.8. The zero-order chi connectivity index (χ0) is 13.0. The van der Waals surface area contributed by atoms with Crippen molar-refractivity contribution < 1.29 is 9.32 Å². The fraction of sp³-hybridized carbons (Fsp3) is 0.200. The van der Waals surface area contributed by atoms with E-state index in [2.05, 4.69) is 20.4 Å². The predicted octanol–water partition coefficient (Wildman–Crippen LogP) is -0.200. The number of nitrogen functional groups attached to an aromatic ring is 1. The van der Waals surface area contributed by atoms with Crippen LogP contribution in [0.3, 0.4) is 0 Å². The summed E-state index contributed by atoms with van der Waals surface area (Å²) in [6.07, 6.45) is 3.32. The number of nitrogens with zero attached hydrogens (tertiary/aromatic N) is 3. The maximum atomic E-state index is 11.2. The Morgan fingerprint density at radius 1 is 1.44 bits per heavy atom. The summed E-state index contributed by atoms with van der Waals surface area (Å²) in [5.41, 5.74) is 11.6. The number of hydrogen-bond donors (Lipinski definition) is 3. The molecule has 8 nitrogen and oxygen atoms in total. The second-order valence-electron chi connectivity index (χ2n) is 3.53. The first-order valence-electron chi connectivity index (χ1n) is 5.21. The monoisotopic (exact) mass is 248 g/mol. The summed E-state index contributed by atoms with van der Waals surface area (Å²) in [6.45, 7) is 0.508. The Morgan fingerprint density at radius 3 is 2.94 bits per heavy atom. The van der Waals surface area contributed by atoms with E-state index in [1.807, 2.05) is 0 Å². The van der Waals surface area contributed by atoms with Gasteiger partial charge in [-0.05, 0) is 6.07 Å². The van der Waals surface area contributed by atoms with Gasteiger partial charge in [0, 0.05) is 13.0 Å². The molecule has 0 aromatic carbocycles. The lowest BCUT2D eigenvalue weighted by atomic mass is 10.2. The van der Waals surface area contributed by atoms with Crippen molar-refractivity contribution in [2.75, 3.05) is 17.6 Å². The van der Waals surface area contributed by atoms with Crippen molar-refractivity contribution in [3.63, 3.8) is 0 Å². The number of rotatable bonds is 5. The number of amides is 1. The molecular weight excluding hydrogens is 236 g/mol. The summed E-state index contributed by atoms with van der Waals surface area (Å²) < 4.78 is 4.84. The summed E-state index contributed by atoms with van der Waals surface area (Å²) in [4.78, 5) is 19.0. The lowest BCUT2D eigenvalue weighted by Crippen LogP contribution is -2.16. The summed E-state index contributed by atoms with van der Waals surface area (Å²) in [6, 6.07) is 1.43. The Balaban J connectivity index is 2.02. The largest absolute Gasteiger partial charge is 0.384 e. The van der Waals surface area contributed by atoms with Gasteiger partial charge in [-0.1, -0.05) is 5.16 Å². The van der Waals surface area contributed by atoms with E-state index in [1.54, 1.807) is 0 Å². The van der Waals surface area contributed by atoms with Gasteiger partial charge in [0.1, 0.15) is 5.82 Å². The molecule has 2 aromatic heterocycles. The van der Waals surface area contributed by atoms with Crippen molar-refractivity contribution in [2.24, 2.45) is 5.73 Å². The molecule has 0 saturated carbocycles. The van der Waals surface area contributed by atoms with Gasteiger partial charge in [0.05, 0.1) is 17.4 Å². The topological polar surface area (TPSA) is 133 Å². The van der Waals surface area contributed by atoms with E-state index in [4.69, 9.17) is 16.0 Å². The lowest BCUT2D eigenvalue weighted by Gasteiger charge is -2.08. The average molecular weight is 248 g/mol. The number of anilines is 2. The van der Waals surface area contributed by atoms with Crippen LogP contribution < -0.4 is 16.8 Å². The molecule has 2 aromatic rings. The summed E-state index contributed by atoms with van der Waals surface area (Å²) in [5.74, 6) is 0.183. The zero-order valence-electron chi connectivity index (χ0n) is 9.46. The van der Waals surface area contributed by atoms with Gasteiger partial charge in [-0.25, -0.2) is 4.98 Å². The van der Waals surface area contributed by atoms with Crippen LogP contribution in [0.25, 0.3) is 0 Å². The predicted molar refractivity (Wildman–Crippen MR) is 63.7 cm³/mol. The molecule has 0 atom stereocenters. The molecule has 0 spiro atoms. The third-order valence-electron chi connectivity index (χ3n) is 2.25. The van der Waals surface area contributed by atoms with Gasteiger partial charge >= 0.3 is 0 Å². The van der Waals surface area contributed by atoms with E-state index in [0.717, 1.165) is 0 Å². The van der Waals surface area contributed by atoms with Gasteiger partial charge in [0.25, 0.3) is 5.91 Å². The second-order valence-corrected chi connectivity index (χ2v) is 3.53. The highest BCUT2D eigenvalue weighted by Gasteiger charge is 2.09. The normalized spacial score (nSPS) is 10.2. The summed E-state index contributed by atoms with van der Waals surface area (Å²) in [7, 11) is 0. The van der Waals surface area contributed by atoms with Crippen LogP contribution in [0.5, 0.6) is 0 Å². The van der Waals surface area contributed by atoms with E-state index < -0.39 is 5.91 Å². The molecule has 0 fully saturated rings. The maximum absolute atomic E-state index is 11.2. The van der Waals surface area contributed by atoms with E-state index in [-0.39, 0.29) is 5.82 Å². The highest BCUT2D eigenvalue weighted by Crippen LogP contribution is 2.15. The Labute approximate surface area is 102 Å². The molecule has 0 bridgehead atoms. The highest BCUT2D eigenvalue weighted by atomic mass is 16.5. The van der Waals surface area contributed by atoms with Gasteiger partial charge in [-0.15, -0.1) is 0 Å². The molecule has 18 heavy (non-hydrogen) atoms. The standard InChI is InChI=1S/C10H12N6O2/c11-8-3-6(10(12)17)7(4-14-8)13-2-1-9-15-5-16-18-9/h3-5,13H,1-2H2,(H2,11,14)(H2,12,17). The maximum Gasteiger partial charge on any atom is 0.250 e. The van der Waals surface area contributed by atoms with E-state index in [1.165, 1.54) is 18.6 Å². The molecule has 0 aliphatic heterocycles. The molecule has 1 amide bonds. The van der Waals surface area contributed by atoms with Crippen LogP contribution in [-0.2, 0) is 6.42 Å². The molecule has 0 radical (unpaired) electrons. The van der Waals surface area contributed by atoms with Gasteiger partial charge in [0.15, 0.2) is 6.33 Å². The number of aromatic nitrogens is 3. The number of carbonyl (C=O) groups excluding carboxylic acids is 1. The van der Waals surface area contributed by atoms with Gasteiger partial charge < -0.3 is 21.3 Å². The van der Waals surface area contributed by atoms with Crippen LogP contribution in [0.2, 0.25) is 0 Å². The molecular formula is C10H12N6O2. The number of carbonyl (C=O) groups is 1. The smallest absolute Gasteiger partial charge is 0.250 e. The van der Waals surface area contributed by atoms with Crippen LogP contribution in [0.1, 0.15) is 16.2 Å². The van der Waals surface area contributed by atoms with Gasteiger partial charge in [-0.2, -0.15) is 4.98 Å². The fourth-order valence-corrected chi connectivity index (χ4v) is 1.43. The van der Waals surface area contributed by atoms with Crippen molar-refractivity contribution in [3.05, 3.63) is 30.0 Å². The van der Waals surface area contributed by atoms with Crippen molar-refractivity contribution in [3.8, 4) is 0 Å². The Kier molecular flexibility index (Phi) is 3.37. The van der Waals surface area contributed by atoms with Crippen molar-refractivity contribution >= 4 is 17.4 Å². The molecule has 0 aliphatic rings. The minimum absolute atomic E-state index is 0.242. The van der Waals surface area contributed by atoms with E-state index in [0.29, 0.717) is 30.1 Å². The summed E-state index contributed by atoms with van der Waals surface area (Å²) in [5, 5.41) is 6.50. The van der Waals surface area contributed by atoms with Crippen molar-refractivity contribution in [1.82, 2.24) is 15.1 Å². The minimum Gasteiger partial charge on any atom is -0.384 e. The van der Waals surface area contributed by atoms with E-state index in [9.17, 15) is 4.79 Å². The number of nitrogens with two attached hydrogens (primary N) is 2. The minimum atomic E-state index is -0.565. The number of hydrogen-bond acceptors (Lipinski definition) is 7. The van der Waals surface area contributed by atoms with Crippen molar-refractivity contribution in [1.29, 1.82) is 0 Å². The fourth-order valence-electron chi connectivity index (χ4n) is 1.43. The number of primary amides is 1. The molecule has 0 saturated heterocycles. The average Bonchev–Trinajstić information content (AvgIpc) is 2.84. The van der Waals surface area contributed by atoms with Crippen LogP contribution in [0.4, 0.5) is 11.5 Å². The zero-order valence-corrected chi connectivity index (χ0v) is 9.46. The van der Waals surface area contributed by atoms with Crippen LogP contribution in [-0.4, -0.2) is 27.6 Å². The number of nitrogens with one attached hydrogen (secondary N) is 1. The third-order valence-corrected chi connectivity index (χ3v) is 2.25. The Morgan fingerprint density at radius 2 is 2.28 bits per heavy atom. The Hall–Kier alpha value is -2.64. The first-order valence-corrected chi connectivity index (χ1v) is 5.21. The summed E-state index contributed by atoms with van der Waals surface area (Å²) >= 11 is 0. The molecule has 2 heterocycles. The van der Waals surface area contributed by atoms with Crippen LogP contribution in [0, 0.1) is 0 Å². The highest BCUT2D eigenvalue weighted by molar-refractivity contribution is 5.98. The quantitative estimate of drug-likeness (QED) is 0.667. The Bertz CT molecular complexity index is 539. The van der Waals surface area contributed by atoms with Crippen LogP contribution >= 0.6 is 0 Å². The van der Waals surface area contributed by atoms with Gasteiger partial charge in [0.2, 0.25) is 5.89 Å². The molecule has 5 N–H and O–H groups in total. The molecule has 2 rings (SSSR count). The molecule has 94 valence electrons. The van der Waals surface area contributed by atoms with Gasteiger partial charge in [-0.3, -0.25) is 4.79 Å².